The van der Waals surface area contributed by atoms with Crippen LogP contribution in [0.25, 0.3) is 0 Å². The molecule has 0 aromatic heterocycles. The van der Waals surface area contributed by atoms with Crippen LogP contribution in [-0.4, -0.2) is 126 Å². The molecule has 0 aromatic rings. The largest absolute Gasteiger partial charge is 0.481 e. The molecular weight excluding hydrogens is 756 g/mol. The first kappa shape index (κ1) is 43.6. The van der Waals surface area contributed by atoms with E-state index >= 15 is 0 Å². The average Bonchev–Trinajstić information content (AvgIpc) is 3.13. The van der Waals surface area contributed by atoms with E-state index in [1.165, 1.54) is 0 Å². The molecule has 0 aromatic carbocycles. The van der Waals surface area contributed by atoms with Gasteiger partial charge in [0.15, 0.2) is 18.2 Å². The first-order valence-electron chi connectivity index (χ1n) is 21.1. The van der Waals surface area contributed by atoms with Crippen molar-refractivity contribution in [2.45, 2.75) is 174 Å². The van der Waals surface area contributed by atoms with Crippen molar-refractivity contribution in [1.82, 2.24) is 0 Å². The summed E-state index contributed by atoms with van der Waals surface area (Å²) in [6.07, 6.45) is -9.05. The summed E-state index contributed by atoms with van der Waals surface area (Å²) in [6, 6.07) is 0. The maximum Gasteiger partial charge on any atom is 0.335 e. The number of aliphatic carboxylic acids is 3. The van der Waals surface area contributed by atoms with Crippen molar-refractivity contribution in [3.63, 3.8) is 0 Å². The first-order chi connectivity index (χ1) is 26.8. The molecule has 8 N–H and O–H groups in total. The van der Waals surface area contributed by atoms with E-state index in [4.69, 9.17) is 14.2 Å². The predicted molar refractivity (Wildman–Crippen MR) is 203 cm³/mol. The smallest absolute Gasteiger partial charge is 0.335 e. The van der Waals surface area contributed by atoms with Crippen molar-refractivity contribution in [3.05, 3.63) is 11.6 Å². The Morgan fingerprint density at radius 1 is 0.741 bits per heavy atom. The van der Waals surface area contributed by atoms with Gasteiger partial charge in [-0.1, -0.05) is 47.1 Å². The zero-order valence-electron chi connectivity index (χ0n) is 34.7. The monoisotopic (exact) mass is 820 g/mol. The van der Waals surface area contributed by atoms with Crippen LogP contribution in [0.5, 0.6) is 0 Å². The van der Waals surface area contributed by atoms with Crippen molar-refractivity contribution in [1.29, 1.82) is 0 Å². The lowest BCUT2D eigenvalue weighted by Gasteiger charge is -2.70. The maximum absolute atomic E-state index is 14.9. The molecule has 5 unspecified atom stereocenters. The molecule has 5 saturated carbocycles. The van der Waals surface area contributed by atoms with Gasteiger partial charge >= 0.3 is 17.9 Å². The number of carbonyl (C=O) groups excluding carboxylic acids is 1. The number of aliphatic hydroxyl groups is 5. The highest BCUT2D eigenvalue weighted by Gasteiger charge is 2.71. The molecule has 0 spiro atoms. The molecule has 0 radical (unpaired) electrons. The number of ether oxygens (including phenoxy) is 3. The summed E-state index contributed by atoms with van der Waals surface area (Å²) in [6.45, 7) is 14.9. The Morgan fingerprint density at radius 3 is 2.02 bits per heavy atom. The summed E-state index contributed by atoms with van der Waals surface area (Å²) in [5.74, 6) is -5.68. The van der Waals surface area contributed by atoms with E-state index in [9.17, 15) is 60.0 Å². The molecule has 326 valence electrons. The van der Waals surface area contributed by atoms with Crippen LogP contribution in [0.3, 0.4) is 0 Å². The number of aliphatic hydroxyl groups excluding tert-OH is 5. The summed E-state index contributed by atoms with van der Waals surface area (Å²) in [5.41, 5.74) is -1.71. The number of allylic oxidation sites excluding steroid dienone is 2. The van der Waals surface area contributed by atoms with E-state index in [2.05, 4.69) is 27.7 Å². The number of hydrogen-bond acceptors (Lipinski definition) is 12. The van der Waals surface area contributed by atoms with Crippen molar-refractivity contribution < 1.29 is 74.2 Å². The molecular formula is C43H64O15. The molecule has 6 fully saturated rings. The number of ketones is 1. The van der Waals surface area contributed by atoms with Gasteiger partial charge in [0.1, 0.15) is 30.5 Å². The van der Waals surface area contributed by atoms with Gasteiger partial charge < -0.3 is 55.1 Å². The number of hydrogen-bond donors (Lipinski definition) is 8. The van der Waals surface area contributed by atoms with Crippen LogP contribution in [0.4, 0.5) is 0 Å². The molecule has 15 nitrogen and oxygen atoms in total. The standard InChI is InChI=1S/C43H64O15/c1-38(2)24-8-11-43(7)33(22(44)17-20-21-18-40(4,37(54)55)13-12-39(21,3)14-15-42(20,43)6)41(24,5)10-9-25(38)57-36-32(30(49)29(48)31(58-36)35(52)53)56-23-16-19(34(50)51)26(45)28(47)27(23)46/h17,19,21,23-33,36,45-49H,8-16,18H2,1-7H3,(H,50,51)(H,52,53)(H,54,55)/t19?,21-,23+,24-,25-,26+,27?,28+,29-,30+,31?,32?,33?,36+,39+,40-,41-,42+,43+/m0/s1. The molecule has 1 aliphatic heterocycles. The van der Waals surface area contributed by atoms with Crippen LogP contribution >= 0.6 is 0 Å². The van der Waals surface area contributed by atoms with Crippen LogP contribution in [0.15, 0.2) is 11.6 Å². The molecule has 7 rings (SSSR count). The second-order valence-electron chi connectivity index (χ2n) is 21.1. The summed E-state index contributed by atoms with van der Waals surface area (Å²) < 4.78 is 18.4. The minimum absolute atomic E-state index is 0.0128. The highest BCUT2D eigenvalue weighted by molar-refractivity contribution is 5.95. The number of carboxylic acids is 3. The fraction of sp³-hybridized carbons (Fsp3) is 0.860. The minimum Gasteiger partial charge on any atom is -0.481 e. The van der Waals surface area contributed by atoms with Crippen LogP contribution < -0.4 is 0 Å². The van der Waals surface area contributed by atoms with Gasteiger partial charge in [-0.3, -0.25) is 14.4 Å². The first-order valence-corrected chi connectivity index (χ1v) is 21.1. The Kier molecular flexibility index (Phi) is 10.7. The molecule has 0 amide bonds. The SMILES string of the molecule is CC1(C)[C@@H](O[C@@H]2OC(C(=O)O)[C@@H](O)[C@@H](O)C2O[C@@H]2CC(C(=O)O)[C@@H](O)[C@@H](O)C2O)CC[C@]2(C)C3C(=O)C=C4[C@@H]5C[C@@](C)(C(=O)O)CC[C@]5(C)CC[C@@]4(C)[C@]3(C)CC[C@@H]12. The Hall–Kier alpha value is -2.50. The Labute approximate surface area is 339 Å². The van der Waals surface area contributed by atoms with Gasteiger partial charge in [0, 0.05) is 5.92 Å². The lowest BCUT2D eigenvalue weighted by atomic mass is 9.33. The average molecular weight is 821 g/mol. The van der Waals surface area contributed by atoms with Gasteiger partial charge in [-0.25, -0.2) is 4.79 Å². The topological polar surface area (TPSA) is 258 Å². The van der Waals surface area contributed by atoms with Gasteiger partial charge in [-0.15, -0.1) is 0 Å². The summed E-state index contributed by atoms with van der Waals surface area (Å²) in [4.78, 5) is 51.5. The Morgan fingerprint density at radius 2 is 1.40 bits per heavy atom. The zero-order valence-corrected chi connectivity index (χ0v) is 34.7. The van der Waals surface area contributed by atoms with E-state index in [1.54, 1.807) is 0 Å². The quantitative estimate of drug-likeness (QED) is 0.172. The second kappa shape index (κ2) is 14.3. The van der Waals surface area contributed by atoms with Crippen LogP contribution in [-0.2, 0) is 33.4 Å². The van der Waals surface area contributed by atoms with E-state index in [-0.39, 0.29) is 34.4 Å². The summed E-state index contributed by atoms with van der Waals surface area (Å²) in [5, 5.41) is 83.6. The van der Waals surface area contributed by atoms with Crippen molar-refractivity contribution in [2.75, 3.05) is 0 Å². The summed E-state index contributed by atoms with van der Waals surface area (Å²) >= 11 is 0. The lowest BCUT2D eigenvalue weighted by molar-refractivity contribution is -0.341. The fourth-order valence-electron chi connectivity index (χ4n) is 13.8. The van der Waals surface area contributed by atoms with E-state index in [1.807, 2.05) is 26.8 Å². The molecule has 0 bridgehead atoms. The normalized spacial score (nSPS) is 52.6. The molecule has 1 saturated heterocycles. The van der Waals surface area contributed by atoms with Crippen molar-refractivity contribution >= 4 is 23.7 Å². The molecule has 7 aliphatic rings. The zero-order chi connectivity index (χ0) is 42.9. The molecule has 19 atom stereocenters. The number of fused-ring (bicyclic) bond motifs is 7. The second-order valence-corrected chi connectivity index (χ2v) is 21.1. The third-order valence-electron chi connectivity index (χ3n) is 17.7. The number of rotatable bonds is 7. The van der Waals surface area contributed by atoms with Gasteiger partial charge in [0.2, 0.25) is 0 Å². The maximum atomic E-state index is 14.9. The third-order valence-corrected chi connectivity index (χ3v) is 17.7. The van der Waals surface area contributed by atoms with Crippen LogP contribution in [0.1, 0.15) is 113 Å². The van der Waals surface area contributed by atoms with Gasteiger partial charge in [0.25, 0.3) is 0 Å². The van der Waals surface area contributed by atoms with Gasteiger partial charge in [0.05, 0.1) is 29.6 Å². The molecule has 1 heterocycles. The number of carboxylic acid groups (broad SMARTS) is 3. The highest BCUT2D eigenvalue weighted by atomic mass is 16.7. The fourth-order valence-corrected chi connectivity index (χ4v) is 13.8. The predicted octanol–water partition coefficient (Wildman–Crippen LogP) is 2.91. The Bertz CT molecular complexity index is 1730. The minimum atomic E-state index is -1.99. The third kappa shape index (κ3) is 6.26. The molecule has 15 heteroatoms. The number of carbonyl (C=O) groups is 4. The summed E-state index contributed by atoms with van der Waals surface area (Å²) in [7, 11) is 0. The van der Waals surface area contributed by atoms with Crippen LogP contribution in [0, 0.1) is 56.2 Å². The van der Waals surface area contributed by atoms with Gasteiger partial charge in [-0.05, 0) is 116 Å². The van der Waals surface area contributed by atoms with E-state index < -0.39 is 113 Å². The highest BCUT2D eigenvalue weighted by Crippen LogP contribution is 2.75. The molecule has 6 aliphatic carbocycles. The van der Waals surface area contributed by atoms with Crippen molar-refractivity contribution in [2.24, 2.45) is 56.2 Å². The lowest BCUT2D eigenvalue weighted by Crippen LogP contribution is -2.68. The van der Waals surface area contributed by atoms with Gasteiger partial charge in [-0.2, -0.15) is 0 Å². The van der Waals surface area contributed by atoms with Crippen molar-refractivity contribution in [3.8, 4) is 0 Å². The van der Waals surface area contributed by atoms with E-state index in [0.717, 1.165) is 37.7 Å². The Balaban J connectivity index is 1.17. The molecule has 58 heavy (non-hydrogen) atoms. The van der Waals surface area contributed by atoms with Crippen LogP contribution in [0.2, 0.25) is 0 Å². The van der Waals surface area contributed by atoms with E-state index in [0.29, 0.717) is 25.7 Å².